The number of hydrogen-bond donors (Lipinski definition) is 2. The maximum absolute atomic E-state index is 12.3. The molecule has 1 aromatic heterocycles. The highest BCUT2D eigenvalue weighted by Gasteiger charge is 2.21. The molecule has 2 aromatic carbocycles. The number of benzene rings is 2. The van der Waals surface area contributed by atoms with Gasteiger partial charge in [-0.15, -0.1) is 0 Å². The van der Waals surface area contributed by atoms with E-state index in [4.69, 9.17) is 27.6 Å². The monoisotopic (exact) mass is 438 g/mol. The van der Waals surface area contributed by atoms with Crippen LogP contribution >= 0.6 is 23.2 Å². The van der Waals surface area contributed by atoms with Gasteiger partial charge in [-0.05, 0) is 24.3 Å². The second-order valence-electron chi connectivity index (χ2n) is 5.55. The van der Waals surface area contributed by atoms with Crippen LogP contribution in [0, 0.1) is 20.2 Å². The van der Waals surface area contributed by atoms with Gasteiger partial charge >= 0.3 is 11.3 Å². The molecule has 0 aliphatic carbocycles. The molecule has 1 heterocycles. The number of hydrogen-bond acceptors (Lipinski definition) is 8. The first kappa shape index (κ1) is 20.0. The lowest BCUT2D eigenvalue weighted by Crippen LogP contribution is -2.33. The Morgan fingerprint density at radius 3 is 2.41 bits per heavy atom. The third-order valence-corrected chi connectivity index (χ3v) is 4.19. The van der Waals surface area contributed by atoms with Gasteiger partial charge in [-0.1, -0.05) is 23.2 Å². The molecule has 0 radical (unpaired) electrons. The molecule has 13 heteroatoms. The van der Waals surface area contributed by atoms with Crippen molar-refractivity contribution >= 4 is 57.1 Å². The molecule has 29 heavy (non-hydrogen) atoms. The summed E-state index contributed by atoms with van der Waals surface area (Å²) in [5, 5.41) is 22.5. The van der Waals surface area contributed by atoms with Crippen molar-refractivity contribution in [1.82, 2.24) is 5.43 Å². The number of anilines is 1. The number of halogens is 2. The van der Waals surface area contributed by atoms with Gasteiger partial charge in [-0.2, -0.15) is 0 Å². The zero-order valence-electron chi connectivity index (χ0n) is 14.0. The Hall–Kier alpha value is -3.70. The number of fused-ring (bicyclic) bond motifs is 1. The number of carbonyl (C=O) groups is 1. The highest BCUT2D eigenvalue weighted by Crippen LogP contribution is 2.29. The number of rotatable bonds is 5. The van der Waals surface area contributed by atoms with E-state index in [0.717, 1.165) is 18.2 Å². The van der Waals surface area contributed by atoms with E-state index >= 15 is 0 Å². The molecule has 3 rings (SSSR count). The molecule has 0 saturated carbocycles. The maximum atomic E-state index is 12.3. The molecule has 0 saturated heterocycles. The van der Waals surface area contributed by atoms with Crippen LogP contribution in [0.15, 0.2) is 45.6 Å². The molecule has 0 aliphatic heterocycles. The molecule has 2 N–H and O–H groups in total. The minimum atomic E-state index is -1.00. The predicted molar refractivity (Wildman–Crippen MR) is 103 cm³/mol. The first-order valence-corrected chi connectivity index (χ1v) is 8.35. The number of nitrogens with one attached hydrogen (secondary N) is 2. The minimum absolute atomic E-state index is 0.0385. The third kappa shape index (κ3) is 4.10. The first-order valence-electron chi connectivity index (χ1n) is 7.59. The lowest BCUT2D eigenvalue weighted by atomic mass is 10.2. The minimum Gasteiger partial charge on any atom is -0.421 e. The van der Waals surface area contributed by atoms with E-state index in [0.29, 0.717) is 0 Å². The van der Waals surface area contributed by atoms with Crippen LogP contribution in [0.2, 0.25) is 10.0 Å². The van der Waals surface area contributed by atoms with Crippen LogP contribution < -0.4 is 16.5 Å². The molecule has 0 bridgehead atoms. The lowest BCUT2D eigenvalue weighted by molar-refractivity contribution is -0.393. The quantitative estimate of drug-likeness (QED) is 0.346. The highest BCUT2D eigenvalue weighted by molar-refractivity contribution is 6.38. The van der Waals surface area contributed by atoms with Crippen molar-refractivity contribution < 1.29 is 19.1 Å². The summed E-state index contributed by atoms with van der Waals surface area (Å²) in [6, 6.07) is 6.76. The first-order chi connectivity index (χ1) is 13.7. The molecule has 0 aliphatic rings. The summed E-state index contributed by atoms with van der Waals surface area (Å²) in [6.45, 7) is 0. The number of nitro groups is 2. The van der Waals surface area contributed by atoms with E-state index in [-0.39, 0.29) is 26.7 Å². The summed E-state index contributed by atoms with van der Waals surface area (Å²) in [4.78, 5) is 44.6. The summed E-state index contributed by atoms with van der Waals surface area (Å²) in [7, 11) is 0. The van der Waals surface area contributed by atoms with Crippen LogP contribution in [0.25, 0.3) is 11.0 Å². The molecule has 148 valence electrons. The number of amides is 1. The molecule has 0 fully saturated rings. The van der Waals surface area contributed by atoms with Gasteiger partial charge in [0.2, 0.25) is 0 Å². The Bertz CT molecular complexity index is 1240. The van der Waals surface area contributed by atoms with Crippen molar-refractivity contribution in [2.75, 3.05) is 5.43 Å². The zero-order chi connectivity index (χ0) is 21.3. The fraction of sp³-hybridized carbons (Fsp3) is 0. The average molecular weight is 439 g/mol. The topological polar surface area (TPSA) is 158 Å². The van der Waals surface area contributed by atoms with Gasteiger partial charge in [-0.25, -0.2) is 4.79 Å². The molecule has 1 amide bonds. The lowest BCUT2D eigenvalue weighted by Gasteiger charge is -2.09. The largest absolute Gasteiger partial charge is 0.421 e. The molecular weight excluding hydrogens is 431 g/mol. The van der Waals surface area contributed by atoms with E-state index in [1.165, 1.54) is 18.2 Å². The van der Waals surface area contributed by atoms with Gasteiger partial charge in [-0.3, -0.25) is 35.9 Å². The Kier molecular flexibility index (Phi) is 5.35. The van der Waals surface area contributed by atoms with Crippen molar-refractivity contribution in [1.29, 1.82) is 0 Å². The molecule has 0 atom stereocenters. The normalized spacial score (nSPS) is 10.6. The van der Waals surface area contributed by atoms with E-state index < -0.39 is 38.3 Å². The molecule has 11 nitrogen and oxygen atoms in total. The van der Waals surface area contributed by atoms with Crippen LogP contribution in [0.4, 0.5) is 17.1 Å². The fourth-order valence-electron chi connectivity index (χ4n) is 2.40. The summed E-state index contributed by atoms with van der Waals surface area (Å²) >= 11 is 11.8. The Morgan fingerprint density at radius 1 is 1.03 bits per heavy atom. The third-order valence-electron chi connectivity index (χ3n) is 3.70. The molecule has 3 aromatic rings. The number of hydrazine groups is 1. The van der Waals surface area contributed by atoms with Crippen LogP contribution in [-0.4, -0.2) is 15.8 Å². The van der Waals surface area contributed by atoms with Crippen molar-refractivity contribution in [3.8, 4) is 0 Å². The van der Waals surface area contributed by atoms with Gasteiger partial charge in [0.05, 0.1) is 20.9 Å². The summed E-state index contributed by atoms with van der Waals surface area (Å²) in [6.07, 6.45) is 0. The Morgan fingerprint density at radius 2 is 1.76 bits per heavy atom. The van der Waals surface area contributed by atoms with Crippen molar-refractivity contribution in [2.45, 2.75) is 0 Å². The smallest absolute Gasteiger partial charge is 0.349 e. The molecule has 0 spiro atoms. The maximum Gasteiger partial charge on any atom is 0.349 e. The van der Waals surface area contributed by atoms with Crippen LogP contribution in [0.3, 0.4) is 0 Å². The predicted octanol–water partition coefficient (Wildman–Crippen LogP) is 3.67. The summed E-state index contributed by atoms with van der Waals surface area (Å²) in [5.74, 6) is -0.968. The van der Waals surface area contributed by atoms with Crippen molar-refractivity contribution in [2.24, 2.45) is 0 Å². The van der Waals surface area contributed by atoms with Gasteiger partial charge in [0.15, 0.2) is 5.58 Å². The van der Waals surface area contributed by atoms with E-state index in [1.807, 2.05) is 0 Å². The van der Waals surface area contributed by atoms with Gasteiger partial charge in [0, 0.05) is 16.5 Å². The number of nitro benzene ring substituents is 2. The van der Waals surface area contributed by atoms with Gasteiger partial charge in [0.1, 0.15) is 11.3 Å². The average Bonchev–Trinajstić information content (AvgIpc) is 2.65. The molecular formula is C16H8Cl2N4O7. The number of nitrogens with zero attached hydrogens (tertiary/aromatic N) is 2. The summed E-state index contributed by atoms with van der Waals surface area (Å²) in [5.41, 5.74) is 1.60. The number of carbonyl (C=O) groups excluding carboxylic acids is 1. The van der Waals surface area contributed by atoms with Crippen molar-refractivity contribution in [3.63, 3.8) is 0 Å². The van der Waals surface area contributed by atoms with Gasteiger partial charge < -0.3 is 4.42 Å². The summed E-state index contributed by atoms with van der Waals surface area (Å²) < 4.78 is 5.04. The highest BCUT2D eigenvalue weighted by atomic mass is 35.5. The standard InChI is InChI=1S/C16H8Cl2N4O7/c17-8-3-7-4-10(16(24)29-14(7)11(18)5-8)15(23)20-19-12-2-1-9(21(25)26)6-13(12)22(27)28/h1-6,19H,(H,20,23). The molecule has 0 unspecified atom stereocenters. The second-order valence-corrected chi connectivity index (χ2v) is 6.39. The van der Waals surface area contributed by atoms with E-state index in [1.54, 1.807) is 0 Å². The Labute approximate surface area is 170 Å². The van der Waals surface area contributed by atoms with Crippen LogP contribution in [-0.2, 0) is 0 Å². The van der Waals surface area contributed by atoms with Crippen LogP contribution in [0.5, 0.6) is 0 Å². The SMILES string of the molecule is O=C(NNc1ccc([N+](=O)[O-])cc1[N+](=O)[O-])c1cc2cc(Cl)cc(Cl)c2oc1=O. The van der Waals surface area contributed by atoms with E-state index in [2.05, 4.69) is 10.9 Å². The van der Waals surface area contributed by atoms with Crippen LogP contribution in [0.1, 0.15) is 10.4 Å². The zero-order valence-corrected chi connectivity index (χ0v) is 15.5. The van der Waals surface area contributed by atoms with Crippen molar-refractivity contribution in [3.05, 3.63) is 82.7 Å². The Balaban J connectivity index is 1.90. The fourth-order valence-corrected chi connectivity index (χ4v) is 2.95. The second kappa shape index (κ2) is 7.73. The van der Waals surface area contributed by atoms with E-state index in [9.17, 15) is 29.8 Å². The van der Waals surface area contributed by atoms with Gasteiger partial charge in [0.25, 0.3) is 11.6 Å². The number of non-ortho nitro benzene ring substituents is 1.